The summed E-state index contributed by atoms with van der Waals surface area (Å²) in [5, 5.41) is 2.82. The van der Waals surface area contributed by atoms with Gasteiger partial charge in [0.1, 0.15) is 6.04 Å². The number of carbonyl (C=O) groups excluding carboxylic acids is 1. The molecule has 0 bridgehead atoms. The first kappa shape index (κ1) is 17.6. The molecular formula is C17H26N2O4. The zero-order valence-electron chi connectivity index (χ0n) is 13.8. The zero-order valence-corrected chi connectivity index (χ0v) is 13.8. The SMILES string of the molecule is COCC(N)C(=O)NCc1cccc(OC)c1OC1CCCC1. The van der Waals surface area contributed by atoms with Gasteiger partial charge in [0.25, 0.3) is 0 Å². The molecule has 0 radical (unpaired) electrons. The van der Waals surface area contributed by atoms with E-state index in [1.54, 1.807) is 7.11 Å². The molecule has 23 heavy (non-hydrogen) atoms. The van der Waals surface area contributed by atoms with Crippen LogP contribution in [0.2, 0.25) is 0 Å². The summed E-state index contributed by atoms with van der Waals surface area (Å²) in [5.74, 6) is 1.15. The summed E-state index contributed by atoms with van der Waals surface area (Å²) in [6.07, 6.45) is 4.72. The molecule has 2 rings (SSSR count). The van der Waals surface area contributed by atoms with Gasteiger partial charge in [0.2, 0.25) is 5.91 Å². The van der Waals surface area contributed by atoms with Crippen molar-refractivity contribution in [3.05, 3.63) is 23.8 Å². The lowest BCUT2D eigenvalue weighted by Crippen LogP contribution is -2.43. The van der Waals surface area contributed by atoms with Crippen LogP contribution < -0.4 is 20.5 Å². The first-order chi connectivity index (χ1) is 11.2. The van der Waals surface area contributed by atoms with Gasteiger partial charge in [-0.15, -0.1) is 0 Å². The largest absolute Gasteiger partial charge is 0.493 e. The van der Waals surface area contributed by atoms with Crippen LogP contribution >= 0.6 is 0 Å². The minimum atomic E-state index is -0.676. The van der Waals surface area contributed by atoms with E-state index in [1.807, 2.05) is 18.2 Å². The molecule has 1 aliphatic carbocycles. The first-order valence-electron chi connectivity index (χ1n) is 8.00. The highest BCUT2D eigenvalue weighted by molar-refractivity contribution is 5.81. The maximum absolute atomic E-state index is 11.9. The molecule has 128 valence electrons. The molecule has 1 fully saturated rings. The first-order valence-corrected chi connectivity index (χ1v) is 8.00. The fourth-order valence-corrected chi connectivity index (χ4v) is 2.74. The van der Waals surface area contributed by atoms with Crippen LogP contribution in [-0.4, -0.2) is 38.9 Å². The van der Waals surface area contributed by atoms with E-state index in [0.29, 0.717) is 18.0 Å². The molecule has 0 spiro atoms. The smallest absolute Gasteiger partial charge is 0.239 e. The molecule has 3 N–H and O–H groups in total. The second kappa shape index (κ2) is 8.74. The van der Waals surface area contributed by atoms with E-state index in [0.717, 1.165) is 18.4 Å². The van der Waals surface area contributed by atoms with E-state index in [1.165, 1.54) is 20.0 Å². The third-order valence-corrected chi connectivity index (χ3v) is 4.00. The normalized spacial score (nSPS) is 16.1. The molecule has 6 nitrogen and oxygen atoms in total. The topological polar surface area (TPSA) is 82.8 Å². The summed E-state index contributed by atoms with van der Waals surface area (Å²) in [6, 6.07) is 5.00. The maximum Gasteiger partial charge on any atom is 0.239 e. The Morgan fingerprint density at radius 3 is 2.74 bits per heavy atom. The van der Waals surface area contributed by atoms with Crippen LogP contribution in [-0.2, 0) is 16.1 Å². The van der Waals surface area contributed by atoms with Crippen LogP contribution in [0.1, 0.15) is 31.2 Å². The fraction of sp³-hybridized carbons (Fsp3) is 0.588. The number of nitrogens with two attached hydrogens (primary N) is 1. The molecule has 1 unspecified atom stereocenters. The minimum absolute atomic E-state index is 0.190. The van der Waals surface area contributed by atoms with Crippen LogP contribution in [0.25, 0.3) is 0 Å². The van der Waals surface area contributed by atoms with Gasteiger partial charge in [-0.2, -0.15) is 0 Å². The van der Waals surface area contributed by atoms with Crippen molar-refractivity contribution < 1.29 is 19.0 Å². The van der Waals surface area contributed by atoms with Gasteiger partial charge in [-0.1, -0.05) is 12.1 Å². The lowest BCUT2D eigenvalue weighted by molar-refractivity contribution is -0.123. The number of benzene rings is 1. The monoisotopic (exact) mass is 322 g/mol. The van der Waals surface area contributed by atoms with Gasteiger partial charge in [0.05, 0.1) is 19.8 Å². The Balaban J connectivity index is 2.06. The number of rotatable bonds is 8. The van der Waals surface area contributed by atoms with Crippen LogP contribution in [0.4, 0.5) is 0 Å². The van der Waals surface area contributed by atoms with Crippen molar-refractivity contribution in [2.45, 2.75) is 44.4 Å². The number of methoxy groups -OCH3 is 2. The Morgan fingerprint density at radius 1 is 1.35 bits per heavy atom. The minimum Gasteiger partial charge on any atom is -0.493 e. The maximum atomic E-state index is 11.9. The number of ether oxygens (including phenoxy) is 3. The number of nitrogens with one attached hydrogen (secondary N) is 1. The third-order valence-electron chi connectivity index (χ3n) is 4.00. The number of amides is 1. The van der Waals surface area contributed by atoms with Crippen molar-refractivity contribution in [2.24, 2.45) is 5.73 Å². The van der Waals surface area contributed by atoms with Gasteiger partial charge in [-0.25, -0.2) is 0 Å². The predicted molar refractivity (Wildman–Crippen MR) is 87.6 cm³/mol. The Morgan fingerprint density at radius 2 is 2.09 bits per heavy atom. The molecule has 1 saturated carbocycles. The van der Waals surface area contributed by atoms with Crippen LogP contribution in [0.15, 0.2) is 18.2 Å². The molecule has 0 heterocycles. The van der Waals surface area contributed by atoms with E-state index in [2.05, 4.69) is 5.32 Å². The Hall–Kier alpha value is -1.79. The molecule has 1 atom stereocenters. The van der Waals surface area contributed by atoms with E-state index in [4.69, 9.17) is 19.9 Å². The van der Waals surface area contributed by atoms with Crippen LogP contribution in [0, 0.1) is 0 Å². The zero-order chi connectivity index (χ0) is 16.7. The summed E-state index contributed by atoms with van der Waals surface area (Å²) < 4.78 is 16.4. The van der Waals surface area contributed by atoms with E-state index in [-0.39, 0.29) is 18.6 Å². The lowest BCUT2D eigenvalue weighted by Gasteiger charge is -2.20. The number of hydrogen-bond acceptors (Lipinski definition) is 5. The van der Waals surface area contributed by atoms with Crippen LogP contribution in [0.3, 0.4) is 0 Å². The molecule has 0 aromatic heterocycles. The molecule has 1 aromatic carbocycles. The second-order valence-corrected chi connectivity index (χ2v) is 5.75. The van der Waals surface area contributed by atoms with Crippen molar-refractivity contribution in [3.63, 3.8) is 0 Å². The van der Waals surface area contributed by atoms with Crippen molar-refractivity contribution in [1.29, 1.82) is 0 Å². The van der Waals surface area contributed by atoms with Crippen molar-refractivity contribution in [1.82, 2.24) is 5.32 Å². The van der Waals surface area contributed by atoms with E-state index in [9.17, 15) is 4.79 Å². The van der Waals surface area contributed by atoms with Gasteiger partial charge in [-0.3, -0.25) is 4.79 Å². The highest BCUT2D eigenvalue weighted by Crippen LogP contribution is 2.34. The average molecular weight is 322 g/mol. The average Bonchev–Trinajstić information content (AvgIpc) is 3.06. The van der Waals surface area contributed by atoms with Gasteiger partial charge >= 0.3 is 0 Å². The van der Waals surface area contributed by atoms with Gasteiger partial charge in [0.15, 0.2) is 11.5 Å². The summed E-state index contributed by atoms with van der Waals surface area (Å²) in [4.78, 5) is 11.9. The molecule has 0 saturated heterocycles. The van der Waals surface area contributed by atoms with E-state index >= 15 is 0 Å². The Bertz CT molecular complexity index is 515. The third kappa shape index (κ3) is 4.84. The molecule has 1 amide bonds. The molecule has 1 aliphatic rings. The highest BCUT2D eigenvalue weighted by atomic mass is 16.5. The summed E-state index contributed by atoms with van der Waals surface area (Å²) >= 11 is 0. The van der Waals surface area contributed by atoms with Gasteiger partial charge in [0, 0.05) is 19.2 Å². The molecule has 6 heteroatoms. The standard InChI is InChI=1S/C17H26N2O4/c1-21-11-14(18)17(20)19-10-12-6-5-9-15(22-2)16(12)23-13-7-3-4-8-13/h5-6,9,13-14H,3-4,7-8,10-11,18H2,1-2H3,(H,19,20). The molecule has 0 aliphatic heterocycles. The van der Waals surface area contributed by atoms with Crippen molar-refractivity contribution >= 4 is 5.91 Å². The number of hydrogen-bond donors (Lipinski definition) is 2. The van der Waals surface area contributed by atoms with Crippen molar-refractivity contribution in [3.8, 4) is 11.5 Å². The molecule has 1 aromatic rings. The Labute approximate surface area is 137 Å². The van der Waals surface area contributed by atoms with E-state index < -0.39 is 6.04 Å². The summed E-state index contributed by atoms with van der Waals surface area (Å²) in [5.41, 5.74) is 6.61. The molecular weight excluding hydrogens is 296 g/mol. The van der Waals surface area contributed by atoms with Crippen LogP contribution in [0.5, 0.6) is 11.5 Å². The Kier molecular flexibility index (Phi) is 6.67. The number of carbonyl (C=O) groups is 1. The lowest BCUT2D eigenvalue weighted by atomic mass is 10.1. The number of para-hydroxylation sites is 1. The quantitative estimate of drug-likeness (QED) is 0.760. The van der Waals surface area contributed by atoms with Crippen molar-refractivity contribution in [2.75, 3.05) is 20.8 Å². The highest BCUT2D eigenvalue weighted by Gasteiger charge is 2.21. The summed E-state index contributed by atoms with van der Waals surface area (Å²) in [6.45, 7) is 0.533. The summed E-state index contributed by atoms with van der Waals surface area (Å²) in [7, 11) is 3.14. The second-order valence-electron chi connectivity index (χ2n) is 5.75. The van der Waals surface area contributed by atoms with Gasteiger partial charge in [-0.05, 0) is 31.7 Å². The van der Waals surface area contributed by atoms with Gasteiger partial charge < -0.3 is 25.3 Å². The predicted octanol–water partition coefficient (Wildman–Crippen LogP) is 1.61. The fourth-order valence-electron chi connectivity index (χ4n) is 2.74.